The molecular formula is C118H78N4Si. The quantitative estimate of drug-likeness (QED) is 0.0961. The molecule has 0 saturated heterocycles. The fourth-order valence-electron chi connectivity index (χ4n) is 23.0. The minimum atomic E-state index is -2.91. The Morgan fingerprint density at radius 1 is 0.154 bits per heavy atom. The Bertz CT molecular complexity index is 8150. The van der Waals surface area contributed by atoms with Gasteiger partial charge in [-0.25, -0.2) is 0 Å². The van der Waals surface area contributed by atoms with Crippen LogP contribution in [0.2, 0.25) is 0 Å². The molecule has 0 saturated carbocycles. The summed E-state index contributed by atoms with van der Waals surface area (Å²) in [6.07, 6.45) is 0. The average Bonchev–Trinajstić information content (AvgIpc) is 1.65. The molecule has 4 nitrogen and oxygen atoms in total. The van der Waals surface area contributed by atoms with Crippen LogP contribution in [-0.2, 0) is 0 Å². The van der Waals surface area contributed by atoms with Crippen molar-refractivity contribution in [3.05, 3.63) is 516 Å². The molecule has 0 fully saturated rings. The molecule has 0 N–H and O–H groups in total. The SMILES string of the molecule is c1ccc(-c2cccc(-n3c4ccccc4c4cc(-n5c6ccccc6c6c7c(ccc65)C5c6ccccc6C7c6ccccc65)ccc43)c2)cc1.c1ccc(-c2cccc([Si](c3ccccc3)(c3ccccc3)c3cccc(-n4c5ccccc5c5cc(-n6c7ccccc7c7c8c(ccc76)C6c7ccccc7C8c7ccccc76)ccc54)c3)c2)cc1. The van der Waals surface area contributed by atoms with E-state index in [0.717, 1.165) is 5.69 Å². The van der Waals surface area contributed by atoms with E-state index >= 15 is 0 Å². The van der Waals surface area contributed by atoms with E-state index in [-0.39, 0.29) is 23.7 Å². The van der Waals surface area contributed by atoms with E-state index in [1.54, 1.807) is 0 Å². The van der Waals surface area contributed by atoms with Crippen LogP contribution in [0.4, 0.5) is 0 Å². The summed E-state index contributed by atoms with van der Waals surface area (Å²) in [4.78, 5) is 0. The zero-order valence-corrected chi connectivity index (χ0v) is 68.3. The first-order valence-corrected chi connectivity index (χ1v) is 45.2. The summed E-state index contributed by atoms with van der Waals surface area (Å²) in [5, 5.41) is 15.8. The lowest BCUT2D eigenvalue weighted by Gasteiger charge is -2.42. The van der Waals surface area contributed by atoms with E-state index in [1.807, 2.05) is 0 Å². The standard InChI is InChI=1S/C68H46N2Si.C50H32N2/c1-4-20-45(21-5-1)46-22-18-28-51(42-46)71(49-24-6-2-7-25-49,50-26-8-3-9-27-50)52-29-19-23-47(43-52)69-61-36-16-14-30-53(61)60-44-48(38-40-63(60)69)70-62-37-17-15-35-58(62)67-64(70)41-39-59-65-54-31-10-12-33-56(54)66(68(59)67)57-34-13-11-32-55(57)65;1-2-13-31(14-3-1)32-15-12-16-33(29-32)51-43-23-10-8-17-35(43)42-30-34(25-27-45(42)51)52-44-24-11-9-22-40(44)49-46(52)28-26-41-47-36-18-4-6-20-38(36)48(50(41)49)39-21-7-5-19-37(39)47/h1-44,65-66H;1-30,47-48H. The van der Waals surface area contributed by atoms with Crippen molar-refractivity contribution in [2.45, 2.75) is 23.7 Å². The topological polar surface area (TPSA) is 19.7 Å². The van der Waals surface area contributed by atoms with Gasteiger partial charge in [-0.15, -0.1) is 0 Å². The van der Waals surface area contributed by atoms with Crippen molar-refractivity contribution in [1.29, 1.82) is 0 Å². The Labute approximate surface area is 713 Å². The predicted molar refractivity (Wildman–Crippen MR) is 514 cm³/mol. The minimum absolute atomic E-state index is 0.181. The lowest BCUT2D eigenvalue weighted by atomic mass is 9.60. The van der Waals surface area contributed by atoms with E-state index in [2.05, 4.69) is 467 Å². The maximum atomic E-state index is 2.53. The second-order valence-electron chi connectivity index (χ2n) is 33.9. The number of hydrogen-bond acceptors (Lipinski definition) is 0. The monoisotopic (exact) mass is 1580 g/mol. The van der Waals surface area contributed by atoms with Crippen LogP contribution in [-0.4, -0.2) is 26.3 Å². The fourth-order valence-corrected chi connectivity index (χ4v) is 27.8. The Kier molecular flexibility index (Phi) is 15.4. The first-order chi connectivity index (χ1) is 61.1. The van der Waals surface area contributed by atoms with E-state index < -0.39 is 8.07 Å². The smallest absolute Gasteiger partial charge is 0.179 e. The van der Waals surface area contributed by atoms with Gasteiger partial charge in [-0.05, 0) is 207 Å². The van der Waals surface area contributed by atoms with Crippen molar-refractivity contribution < 1.29 is 0 Å². The number of aromatic nitrogens is 4. The van der Waals surface area contributed by atoms with Crippen LogP contribution in [0.3, 0.4) is 0 Å². The van der Waals surface area contributed by atoms with Gasteiger partial charge in [0.2, 0.25) is 0 Å². The molecule has 29 rings (SSSR count). The first kappa shape index (κ1) is 69.5. The fraction of sp³-hybridized carbons (Fsp3) is 0.0339. The van der Waals surface area contributed by atoms with Crippen molar-refractivity contribution in [1.82, 2.24) is 18.3 Å². The molecule has 0 radical (unpaired) electrons. The van der Waals surface area contributed by atoms with Gasteiger partial charge in [0.1, 0.15) is 0 Å². The van der Waals surface area contributed by atoms with Crippen molar-refractivity contribution >= 4 is 116 Å². The molecule has 123 heavy (non-hydrogen) atoms. The molecule has 6 aliphatic rings. The summed E-state index contributed by atoms with van der Waals surface area (Å²) in [5.74, 6) is 0.867. The summed E-state index contributed by atoms with van der Waals surface area (Å²) in [6, 6.07) is 168. The largest absolute Gasteiger partial charge is 0.309 e. The van der Waals surface area contributed by atoms with Crippen LogP contribution in [0, 0.1) is 0 Å². The summed E-state index contributed by atoms with van der Waals surface area (Å²) in [7, 11) is -2.91. The van der Waals surface area contributed by atoms with Crippen molar-refractivity contribution in [2.75, 3.05) is 0 Å². The van der Waals surface area contributed by atoms with Gasteiger partial charge in [0.05, 0.1) is 44.1 Å². The Morgan fingerprint density at radius 3 is 0.854 bits per heavy atom. The highest BCUT2D eigenvalue weighted by Gasteiger charge is 2.46. The lowest BCUT2D eigenvalue weighted by Crippen LogP contribution is -2.74. The third-order valence-electron chi connectivity index (χ3n) is 27.9. The molecule has 574 valence electrons. The van der Waals surface area contributed by atoms with Crippen molar-refractivity contribution in [3.8, 4) is 45.0 Å². The van der Waals surface area contributed by atoms with Crippen molar-refractivity contribution in [3.63, 3.8) is 0 Å². The maximum Gasteiger partial charge on any atom is 0.179 e. The van der Waals surface area contributed by atoms with Gasteiger partial charge in [-0.2, -0.15) is 0 Å². The number of hydrogen-bond donors (Lipinski definition) is 0. The van der Waals surface area contributed by atoms with Crippen LogP contribution < -0.4 is 20.7 Å². The molecule has 19 aromatic carbocycles. The molecule has 0 atom stereocenters. The van der Waals surface area contributed by atoms with Crippen LogP contribution in [0.5, 0.6) is 0 Å². The van der Waals surface area contributed by atoms with Gasteiger partial charge in [0.15, 0.2) is 8.07 Å². The molecule has 6 aliphatic carbocycles. The van der Waals surface area contributed by atoms with E-state index in [4.69, 9.17) is 0 Å². The highest BCUT2D eigenvalue weighted by Crippen LogP contribution is 2.61. The number of para-hydroxylation sites is 4. The van der Waals surface area contributed by atoms with Gasteiger partial charge >= 0.3 is 0 Å². The lowest BCUT2D eigenvalue weighted by molar-refractivity contribution is 0.761. The first-order valence-electron chi connectivity index (χ1n) is 43.2. The summed E-state index contributed by atoms with van der Waals surface area (Å²) in [5.41, 5.74) is 36.8. The molecule has 0 aliphatic heterocycles. The molecule has 4 aromatic heterocycles. The van der Waals surface area contributed by atoms with Gasteiger partial charge < -0.3 is 18.3 Å². The van der Waals surface area contributed by atoms with Crippen molar-refractivity contribution in [2.24, 2.45) is 0 Å². The highest BCUT2D eigenvalue weighted by atomic mass is 28.3. The van der Waals surface area contributed by atoms with E-state index in [1.165, 1.54) is 214 Å². The molecule has 5 heteroatoms. The molecule has 4 heterocycles. The minimum Gasteiger partial charge on any atom is -0.309 e. The average molecular weight is 1580 g/mol. The molecule has 0 unspecified atom stereocenters. The van der Waals surface area contributed by atoms with Crippen LogP contribution >= 0.6 is 0 Å². The van der Waals surface area contributed by atoms with E-state index in [0.29, 0.717) is 0 Å². The third kappa shape index (κ3) is 10.2. The van der Waals surface area contributed by atoms with Crippen LogP contribution in [0.25, 0.3) is 132 Å². The van der Waals surface area contributed by atoms with Gasteiger partial charge in [0.25, 0.3) is 0 Å². The Hall–Kier alpha value is -15.4. The zero-order chi connectivity index (χ0) is 80.5. The van der Waals surface area contributed by atoms with Crippen LogP contribution in [0.15, 0.2) is 449 Å². The predicted octanol–water partition coefficient (Wildman–Crippen LogP) is 26.4. The summed E-state index contributed by atoms with van der Waals surface area (Å²) in [6.45, 7) is 0. The molecule has 4 bridgehead atoms. The van der Waals surface area contributed by atoms with Gasteiger partial charge in [0, 0.05) is 89.5 Å². The number of fused-ring (bicyclic) bond motifs is 12. The Balaban J connectivity index is 0.000000138. The number of nitrogens with zero attached hydrogens (tertiary/aromatic N) is 4. The summed E-state index contributed by atoms with van der Waals surface area (Å²) >= 11 is 0. The molecule has 0 spiro atoms. The second-order valence-corrected chi connectivity index (χ2v) is 37.7. The second kappa shape index (κ2) is 27.3. The molecule has 0 amide bonds. The van der Waals surface area contributed by atoms with Crippen LogP contribution in [0.1, 0.15) is 90.4 Å². The zero-order valence-electron chi connectivity index (χ0n) is 67.3. The Morgan fingerprint density at radius 2 is 0.431 bits per heavy atom. The third-order valence-corrected chi connectivity index (χ3v) is 32.6. The maximum absolute atomic E-state index is 2.91. The normalized spacial score (nSPS) is 15.2. The molecule has 23 aromatic rings. The highest BCUT2D eigenvalue weighted by molar-refractivity contribution is 7.20. The molecular weight excluding hydrogens is 1500 g/mol. The number of benzene rings is 19. The van der Waals surface area contributed by atoms with E-state index in [9.17, 15) is 0 Å². The summed E-state index contributed by atoms with van der Waals surface area (Å²) < 4.78 is 9.96. The number of rotatable bonds is 10. The van der Waals surface area contributed by atoms with Gasteiger partial charge in [-0.1, -0.05) is 352 Å². The van der Waals surface area contributed by atoms with Gasteiger partial charge in [-0.3, -0.25) is 0 Å².